The fourth-order valence-electron chi connectivity index (χ4n) is 2.63. The zero-order chi connectivity index (χ0) is 15.1. The van der Waals surface area contributed by atoms with E-state index in [4.69, 9.17) is 4.74 Å². The highest BCUT2D eigenvalue weighted by molar-refractivity contribution is 5.87. The molecule has 6 heteroatoms. The van der Waals surface area contributed by atoms with E-state index in [9.17, 15) is 4.79 Å². The average molecular weight is 292 g/mol. The maximum atomic E-state index is 11.6. The lowest BCUT2D eigenvalue weighted by Gasteiger charge is -2.31. The van der Waals surface area contributed by atoms with Crippen LogP contribution in [-0.2, 0) is 4.74 Å². The van der Waals surface area contributed by atoms with Crippen molar-refractivity contribution in [2.24, 2.45) is 0 Å². The van der Waals surface area contributed by atoms with E-state index in [0.717, 1.165) is 31.9 Å². The van der Waals surface area contributed by atoms with Crippen LogP contribution in [0.5, 0.6) is 0 Å². The Morgan fingerprint density at radius 2 is 2.33 bits per heavy atom. The van der Waals surface area contributed by atoms with Gasteiger partial charge < -0.3 is 15.0 Å². The summed E-state index contributed by atoms with van der Waals surface area (Å²) >= 11 is 0. The van der Waals surface area contributed by atoms with E-state index in [2.05, 4.69) is 27.1 Å². The number of hydrogen-bond acceptors (Lipinski definition) is 6. The first kappa shape index (κ1) is 15.7. The number of piperidine rings is 1. The smallest absolute Gasteiger partial charge is 0.358 e. The number of anilines is 1. The number of nitrogens with zero attached hydrogens (tertiary/aromatic N) is 3. The lowest BCUT2D eigenvalue weighted by molar-refractivity contribution is 0.0593. The van der Waals surface area contributed by atoms with Crippen molar-refractivity contribution < 1.29 is 9.53 Å². The van der Waals surface area contributed by atoms with Gasteiger partial charge in [0, 0.05) is 19.1 Å². The normalized spacial score (nSPS) is 18.3. The molecule has 1 N–H and O–H groups in total. The molecule has 1 fully saturated rings. The van der Waals surface area contributed by atoms with Crippen molar-refractivity contribution in [3.8, 4) is 0 Å². The zero-order valence-electron chi connectivity index (χ0n) is 12.8. The summed E-state index contributed by atoms with van der Waals surface area (Å²) in [6.07, 6.45) is 7.89. The van der Waals surface area contributed by atoms with Crippen molar-refractivity contribution in [1.82, 2.24) is 15.3 Å². The third-order valence-electron chi connectivity index (χ3n) is 3.69. The summed E-state index contributed by atoms with van der Waals surface area (Å²) in [7, 11) is 1.35. The summed E-state index contributed by atoms with van der Waals surface area (Å²) in [5.74, 6) is 0.295. The second-order valence-corrected chi connectivity index (χ2v) is 5.35. The molecule has 116 valence electrons. The Hall–Kier alpha value is -1.69. The molecule has 0 bridgehead atoms. The number of nitrogens with one attached hydrogen (secondary N) is 1. The van der Waals surface area contributed by atoms with Gasteiger partial charge in [0.25, 0.3) is 0 Å². The van der Waals surface area contributed by atoms with E-state index >= 15 is 0 Å². The van der Waals surface area contributed by atoms with Crippen LogP contribution in [0.4, 0.5) is 5.82 Å². The molecule has 1 unspecified atom stereocenters. The van der Waals surface area contributed by atoms with Gasteiger partial charge in [-0.3, -0.25) is 4.98 Å². The largest absolute Gasteiger partial charge is 0.464 e. The summed E-state index contributed by atoms with van der Waals surface area (Å²) in [5, 5.41) is 3.54. The van der Waals surface area contributed by atoms with E-state index in [1.54, 1.807) is 6.20 Å². The predicted octanol–water partition coefficient (Wildman–Crippen LogP) is 1.62. The number of methoxy groups -OCH3 is 1. The maximum absolute atomic E-state index is 11.6. The van der Waals surface area contributed by atoms with E-state index in [-0.39, 0.29) is 5.69 Å². The van der Waals surface area contributed by atoms with Gasteiger partial charge in [-0.15, -0.1) is 0 Å². The second kappa shape index (κ2) is 7.93. The molecule has 1 saturated heterocycles. The van der Waals surface area contributed by atoms with Gasteiger partial charge in [-0.25, -0.2) is 9.78 Å². The third-order valence-corrected chi connectivity index (χ3v) is 3.69. The highest BCUT2D eigenvalue weighted by Gasteiger charge is 2.18. The van der Waals surface area contributed by atoms with E-state index in [1.165, 1.54) is 32.6 Å². The predicted molar refractivity (Wildman–Crippen MR) is 81.5 cm³/mol. The van der Waals surface area contributed by atoms with Crippen molar-refractivity contribution in [3.63, 3.8) is 0 Å². The number of carbonyl (C=O) groups is 1. The van der Waals surface area contributed by atoms with Gasteiger partial charge in [-0.1, -0.05) is 13.3 Å². The fraction of sp³-hybridized carbons (Fsp3) is 0.667. The molecule has 0 amide bonds. The lowest BCUT2D eigenvalue weighted by atomic mass is 10.0. The van der Waals surface area contributed by atoms with Crippen LogP contribution in [0.1, 0.15) is 43.1 Å². The van der Waals surface area contributed by atoms with Crippen LogP contribution < -0.4 is 10.2 Å². The Kier molecular flexibility index (Phi) is 5.92. The van der Waals surface area contributed by atoms with Crippen LogP contribution in [0.3, 0.4) is 0 Å². The Labute approximate surface area is 125 Å². The minimum Gasteiger partial charge on any atom is -0.464 e. The first-order chi connectivity index (χ1) is 10.2. The van der Waals surface area contributed by atoms with Gasteiger partial charge in [0.15, 0.2) is 5.69 Å². The lowest BCUT2D eigenvalue weighted by Crippen LogP contribution is -2.44. The molecule has 0 saturated carbocycles. The van der Waals surface area contributed by atoms with Gasteiger partial charge in [-0.2, -0.15) is 0 Å². The van der Waals surface area contributed by atoms with Crippen molar-refractivity contribution in [3.05, 3.63) is 18.1 Å². The molecular formula is C15H24N4O2. The minimum absolute atomic E-state index is 0.257. The number of hydrogen-bond donors (Lipinski definition) is 1. The zero-order valence-corrected chi connectivity index (χ0v) is 12.8. The SMILES string of the molecule is CCCN(CC1CCCCN1)c1cncc(C(=O)OC)n1. The van der Waals surface area contributed by atoms with E-state index in [1.807, 2.05) is 0 Å². The molecule has 1 atom stereocenters. The Morgan fingerprint density at radius 3 is 3.00 bits per heavy atom. The number of rotatable bonds is 6. The molecule has 0 radical (unpaired) electrons. The Balaban J connectivity index is 2.10. The van der Waals surface area contributed by atoms with Gasteiger partial charge >= 0.3 is 5.97 Å². The number of aromatic nitrogens is 2. The first-order valence-corrected chi connectivity index (χ1v) is 7.63. The molecule has 0 aliphatic carbocycles. The Morgan fingerprint density at radius 1 is 1.48 bits per heavy atom. The maximum Gasteiger partial charge on any atom is 0.358 e. The van der Waals surface area contributed by atoms with Gasteiger partial charge in [0.05, 0.1) is 19.5 Å². The number of carbonyl (C=O) groups excluding carboxylic acids is 1. The molecule has 6 nitrogen and oxygen atoms in total. The monoisotopic (exact) mass is 292 g/mol. The average Bonchev–Trinajstić information content (AvgIpc) is 2.55. The number of esters is 1. The van der Waals surface area contributed by atoms with Gasteiger partial charge in [0.2, 0.25) is 0 Å². The van der Waals surface area contributed by atoms with Crippen molar-refractivity contribution >= 4 is 11.8 Å². The molecule has 2 heterocycles. The van der Waals surface area contributed by atoms with Crippen LogP contribution in [-0.4, -0.2) is 48.7 Å². The van der Waals surface area contributed by atoms with Crippen LogP contribution >= 0.6 is 0 Å². The molecule has 1 aliphatic heterocycles. The molecule has 21 heavy (non-hydrogen) atoms. The topological polar surface area (TPSA) is 67.4 Å². The van der Waals surface area contributed by atoms with Crippen LogP contribution in [0, 0.1) is 0 Å². The fourth-order valence-corrected chi connectivity index (χ4v) is 2.63. The van der Waals surface area contributed by atoms with Crippen molar-refractivity contribution in [2.45, 2.75) is 38.6 Å². The minimum atomic E-state index is -0.448. The molecule has 1 aliphatic rings. The molecular weight excluding hydrogens is 268 g/mol. The summed E-state index contributed by atoms with van der Waals surface area (Å²) in [6, 6.07) is 0.480. The Bertz CT molecular complexity index is 461. The van der Waals surface area contributed by atoms with E-state index in [0.29, 0.717) is 6.04 Å². The summed E-state index contributed by atoms with van der Waals surface area (Å²) < 4.78 is 4.71. The summed E-state index contributed by atoms with van der Waals surface area (Å²) in [6.45, 7) is 5.02. The molecule has 0 aromatic carbocycles. The van der Waals surface area contributed by atoms with Crippen LogP contribution in [0.25, 0.3) is 0 Å². The molecule has 1 aromatic rings. The van der Waals surface area contributed by atoms with Crippen molar-refractivity contribution in [2.75, 3.05) is 31.6 Å². The number of ether oxygens (including phenoxy) is 1. The third kappa shape index (κ3) is 4.39. The van der Waals surface area contributed by atoms with E-state index < -0.39 is 5.97 Å². The first-order valence-electron chi connectivity index (χ1n) is 7.63. The second-order valence-electron chi connectivity index (χ2n) is 5.35. The van der Waals surface area contributed by atoms with Gasteiger partial charge in [-0.05, 0) is 25.8 Å². The molecule has 0 spiro atoms. The standard InChI is InChI=1S/C15H24N4O2/c1-3-8-19(11-12-6-4-5-7-17-12)14-10-16-9-13(18-14)15(20)21-2/h9-10,12,17H,3-8,11H2,1-2H3. The van der Waals surface area contributed by atoms with Crippen molar-refractivity contribution in [1.29, 1.82) is 0 Å². The highest BCUT2D eigenvalue weighted by atomic mass is 16.5. The van der Waals surface area contributed by atoms with Crippen LogP contribution in [0.2, 0.25) is 0 Å². The quantitative estimate of drug-likeness (QED) is 0.804. The summed E-state index contributed by atoms with van der Waals surface area (Å²) in [4.78, 5) is 22.3. The molecule has 2 rings (SSSR count). The molecule has 1 aromatic heterocycles. The highest BCUT2D eigenvalue weighted by Crippen LogP contribution is 2.15. The van der Waals surface area contributed by atoms with Gasteiger partial charge in [0.1, 0.15) is 5.82 Å². The van der Waals surface area contributed by atoms with Crippen LogP contribution in [0.15, 0.2) is 12.4 Å². The summed E-state index contributed by atoms with van der Waals surface area (Å²) in [5.41, 5.74) is 0.257.